The molecule has 4 heteroatoms. The summed E-state index contributed by atoms with van der Waals surface area (Å²) >= 11 is 1.88. The Hall–Kier alpha value is -7.14. The van der Waals surface area contributed by atoms with Crippen LogP contribution in [0.2, 0.25) is 0 Å². The van der Waals surface area contributed by atoms with Crippen LogP contribution in [0, 0.1) is 0 Å². The van der Waals surface area contributed by atoms with E-state index in [1.807, 2.05) is 17.4 Å². The van der Waals surface area contributed by atoms with Gasteiger partial charge >= 0.3 is 0 Å². The quantitative estimate of drug-likeness (QED) is 0.169. The molecule has 0 saturated carbocycles. The van der Waals surface area contributed by atoms with Crippen LogP contribution in [0.3, 0.4) is 0 Å². The summed E-state index contributed by atoms with van der Waals surface area (Å²) in [4.78, 5) is 10.7. The lowest BCUT2D eigenvalue weighted by molar-refractivity contribution is 1.05. The normalized spacial score (nSPS) is 11.9. The van der Waals surface area contributed by atoms with Crippen LogP contribution in [0.5, 0.6) is 0 Å². The number of benzene rings is 9. The molecule has 0 bridgehead atoms. The lowest BCUT2D eigenvalue weighted by Crippen LogP contribution is -2.03. The highest BCUT2D eigenvalue weighted by atomic mass is 32.1. The Balaban J connectivity index is 1.35. The molecule has 0 fully saturated rings. The molecule has 0 spiro atoms. The molecule has 260 valence electrons. The minimum Gasteiger partial charge on any atom is -0.292 e. The van der Waals surface area contributed by atoms with Crippen molar-refractivity contribution in [1.29, 1.82) is 0 Å². The number of thiophene rings is 1. The predicted molar refractivity (Wildman–Crippen MR) is 238 cm³/mol. The molecular weight excluding hydrogens is 699 g/mol. The molecular formula is C52H31N3S. The summed E-state index contributed by atoms with van der Waals surface area (Å²) in [7, 11) is 0. The van der Waals surface area contributed by atoms with Crippen LogP contribution >= 0.6 is 11.3 Å². The summed E-state index contributed by atoms with van der Waals surface area (Å²) in [6.45, 7) is 0. The molecule has 0 unspecified atom stereocenters. The average molecular weight is 730 g/mol. The zero-order valence-corrected chi connectivity index (χ0v) is 31.0. The van der Waals surface area contributed by atoms with E-state index in [1.165, 1.54) is 74.4 Å². The molecule has 3 nitrogen and oxygen atoms in total. The summed E-state index contributed by atoms with van der Waals surface area (Å²) in [6.07, 6.45) is 0. The van der Waals surface area contributed by atoms with E-state index >= 15 is 0 Å². The maximum absolute atomic E-state index is 5.51. The molecule has 9 aromatic carbocycles. The van der Waals surface area contributed by atoms with E-state index in [4.69, 9.17) is 9.97 Å². The van der Waals surface area contributed by atoms with Gasteiger partial charge in [-0.25, -0.2) is 9.97 Å². The Kier molecular flexibility index (Phi) is 6.80. The standard InChI is InChI=1S/C52H31N3S/c1-3-17-33(18-4-1)44-31-46(54-52(53-44)34-19-5-2-6-20-34)55-49-40-26-12-10-24-38(40)37-23-9-11-25-39(37)47(49)43-30-42(36-28-15-21-32-16-7-8-22-35(32)36)51-48(50(43)55)41-27-13-14-29-45(41)56-51/h1-31H. The van der Waals surface area contributed by atoms with Crippen LogP contribution in [0.1, 0.15) is 0 Å². The zero-order valence-electron chi connectivity index (χ0n) is 30.1. The van der Waals surface area contributed by atoms with Gasteiger partial charge < -0.3 is 0 Å². The van der Waals surface area contributed by atoms with Crippen molar-refractivity contribution in [3.05, 3.63) is 188 Å². The molecule has 3 aromatic heterocycles. The molecule has 0 atom stereocenters. The van der Waals surface area contributed by atoms with Crippen molar-refractivity contribution in [2.45, 2.75) is 0 Å². The maximum Gasteiger partial charge on any atom is 0.162 e. The molecule has 3 heterocycles. The van der Waals surface area contributed by atoms with Gasteiger partial charge in [0.15, 0.2) is 5.82 Å². The topological polar surface area (TPSA) is 30.7 Å². The smallest absolute Gasteiger partial charge is 0.162 e. The fourth-order valence-corrected chi connectivity index (χ4v) is 10.2. The molecule has 56 heavy (non-hydrogen) atoms. The molecule has 0 N–H and O–H groups in total. The van der Waals surface area contributed by atoms with Crippen molar-refractivity contribution in [1.82, 2.24) is 14.5 Å². The first kappa shape index (κ1) is 31.2. The van der Waals surface area contributed by atoms with Crippen LogP contribution in [0.15, 0.2) is 188 Å². The summed E-state index contributed by atoms with van der Waals surface area (Å²) in [6, 6.07) is 67.7. The first-order valence-electron chi connectivity index (χ1n) is 19.0. The minimum atomic E-state index is 0.695. The van der Waals surface area contributed by atoms with Crippen molar-refractivity contribution in [2.24, 2.45) is 0 Å². The number of aromatic nitrogens is 3. The number of rotatable bonds is 4. The maximum atomic E-state index is 5.51. The van der Waals surface area contributed by atoms with Gasteiger partial charge in [-0.3, -0.25) is 4.57 Å². The minimum absolute atomic E-state index is 0.695. The van der Waals surface area contributed by atoms with Gasteiger partial charge in [-0.1, -0.05) is 170 Å². The van der Waals surface area contributed by atoms with E-state index in [0.717, 1.165) is 33.7 Å². The fraction of sp³-hybridized carbons (Fsp3) is 0. The van der Waals surface area contributed by atoms with E-state index in [9.17, 15) is 0 Å². The average Bonchev–Trinajstić information content (AvgIpc) is 3.83. The Morgan fingerprint density at radius 3 is 1.77 bits per heavy atom. The summed E-state index contributed by atoms with van der Waals surface area (Å²) in [5, 5.41) is 12.3. The Labute approximate surface area is 326 Å². The van der Waals surface area contributed by atoms with Gasteiger partial charge in [0.2, 0.25) is 0 Å². The van der Waals surface area contributed by atoms with Crippen LogP contribution in [-0.2, 0) is 0 Å². The largest absolute Gasteiger partial charge is 0.292 e. The second kappa shape index (κ2) is 12.2. The number of nitrogens with zero attached hydrogens (tertiary/aromatic N) is 3. The van der Waals surface area contributed by atoms with Gasteiger partial charge in [0.1, 0.15) is 5.82 Å². The van der Waals surface area contributed by atoms with Crippen molar-refractivity contribution in [3.8, 4) is 39.6 Å². The molecule has 0 aliphatic carbocycles. The molecule has 0 aliphatic heterocycles. The lowest BCUT2D eigenvalue weighted by Gasteiger charge is -2.15. The van der Waals surface area contributed by atoms with Crippen molar-refractivity contribution < 1.29 is 0 Å². The van der Waals surface area contributed by atoms with Gasteiger partial charge in [-0.2, -0.15) is 0 Å². The number of hydrogen-bond acceptors (Lipinski definition) is 3. The molecule has 0 aliphatic rings. The SMILES string of the molecule is c1ccc(-c2cc(-n3c4c(cc(-c5cccc6ccccc56)c5sc6ccccc6c54)c4c5ccccc5c5ccccc5c43)nc(-c3ccccc3)n2)cc1. The second-order valence-electron chi connectivity index (χ2n) is 14.5. The third kappa shape index (κ3) is 4.57. The lowest BCUT2D eigenvalue weighted by atomic mass is 9.93. The van der Waals surface area contributed by atoms with Crippen LogP contribution in [0.4, 0.5) is 0 Å². The van der Waals surface area contributed by atoms with Gasteiger partial charge in [0.05, 0.1) is 16.7 Å². The van der Waals surface area contributed by atoms with E-state index < -0.39 is 0 Å². The third-order valence-corrected chi connectivity index (χ3v) is 12.6. The molecule has 0 radical (unpaired) electrons. The molecule has 12 aromatic rings. The van der Waals surface area contributed by atoms with Crippen molar-refractivity contribution in [3.63, 3.8) is 0 Å². The third-order valence-electron chi connectivity index (χ3n) is 11.4. The van der Waals surface area contributed by atoms with Crippen LogP contribution in [-0.4, -0.2) is 14.5 Å². The van der Waals surface area contributed by atoms with Gasteiger partial charge in [-0.15, -0.1) is 11.3 Å². The molecule has 0 amide bonds. The van der Waals surface area contributed by atoms with Crippen molar-refractivity contribution in [2.75, 3.05) is 0 Å². The first-order chi connectivity index (χ1) is 27.8. The Morgan fingerprint density at radius 1 is 0.393 bits per heavy atom. The van der Waals surface area contributed by atoms with E-state index in [1.54, 1.807) is 0 Å². The molecule has 12 rings (SSSR count). The highest BCUT2D eigenvalue weighted by molar-refractivity contribution is 7.26. The van der Waals surface area contributed by atoms with E-state index in [-0.39, 0.29) is 0 Å². The van der Waals surface area contributed by atoms with Crippen molar-refractivity contribution >= 4 is 85.6 Å². The Morgan fingerprint density at radius 2 is 0.982 bits per heavy atom. The second-order valence-corrected chi connectivity index (χ2v) is 15.5. The van der Waals surface area contributed by atoms with E-state index in [0.29, 0.717) is 5.82 Å². The summed E-state index contributed by atoms with van der Waals surface area (Å²) < 4.78 is 5.00. The van der Waals surface area contributed by atoms with E-state index in [2.05, 4.69) is 187 Å². The highest BCUT2D eigenvalue weighted by Crippen LogP contribution is 2.51. The van der Waals surface area contributed by atoms with Gasteiger partial charge in [0, 0.05) is 59.1 Å². The fourth-order valence-electron chi connectivity index (χ4n) is 8.96. The zero-order chi connectivity index (χ0) is 36.7. The number of hydrogen-bond donors (Lipinski definition) is 0. The molecule has 0 saturated heterocycles. The highest BCUT2D eigenvalue weighted by Gasteiger charge is 2.26. The predicted octanol–water partition coefficient (Wildman–Crippen LogP) is 14.4. The summed E-state index contributed by atoms with van der Waals surface area (Å²) in [5.41, 5.74) is 7.72. The van der Waals surface area contributed by atoms with Gasteiger partial charge in [-0.05, 0) is 44.6 Å². The monoisotopic (exact) mass is 729 g/mol. The summed E-state index contributed by atoms with van der Waals surface area (Å²) in [5.74, 6) is 1.54. The van der Waals surface area contributed by atoms with Crippen LogP contribution < -0.4 is 0 Å². The first-order valence-corrected chi connectivity index (χ1v) is 19.8. The number of fused-ring (bicyclic) bond motifs is 13. The van der Waals surface area contributed by atoms with Crippen LogP contribution in [0.25, 0.3) is 114 Å². The Bertz CT molecular complexity index is 3460. The van der Waals surface area contributed by atoms with Gasteiger partial charge in [0.25, 0.3) is 0 Å².